The maximum Gasteiger partial charge on any atom is 0.407 e. The van der Waals surface area contributed by atoms with Crippen molar-refractivity contribution < 1.29 is 22.7 Å². The van der Waals surface area contributed by atoms with Crippen molar-refractivity contribution in [2.24, 2.45) is 0 Å². The van der Waals surface area contributed by atoms with Gasteiger partial charge in [-0.25, -0.2) is 17.9 Å². The highest BCUT2D eigenvalue weighted by Crippen LogP contribution is 2.14. The Morgan fingerprint density at radius 1 is 1.17 bits per heavy atom. The van der Waals surface area contributed by atoms with E-state index in [2.05, 4.69) is 15.4 Å². The number of carbonyl (C=O) groups is 2. The molecule has 0 aliphatic carbocycles. The van der Waals surface area contributed by atoms with Crippen molar-refractivity contribution in [1.82, 2.24) is 15.4 Å². The Labute approximate surface area is 146 Å². The zero-order valence-electron chi connectivity index (χ0n) is 13.9. The Morgan fingerprint density at radius 3 is 2.46 bits per heavy atom. The Balaban J connectivity index is 2.15. The van der Waals surface area contributed by atoms with Crippen LogP contribution in [0.3, 0.4) is 0 Å². The molecule has 0 aliphatic heterocycles. The molecule has 0 aliphatic rings. The minimum atomic E-state index is -3.52. The van der Waals surface area contributed by atoms with Crippen LogP contribution < -0.4 is 15.4 Å². The van der Waals surface area contributed by atoms with E-state index in [4.69, 9.17) is 4.74 Å². The third-order valence-corrected chi connectivity index (χ3v) is 5.38. The lowest BCUT2D eigenvalue weighted by Crippen LogP contribution is -2.37. The van der Waals surface area contributed by atoms with Gasteiger partial charge in [-0.2, -0.15) is 0 Å². The van der Waals surface area contributed by atoms with E-state index in [0.29, 0.717) is 0 Å². The Kier molecular flexibility index (Phi) is 7.64. The summed E-state index contributed by atoms with van der Waals surface area (Å²) in [7, 11) is -3.52. The number of rotatable bonds is 8. The number of amides is 2. The van der Waals surface area contributed by atoms with Gasteiger partial charge in [-0.1, -0.05) is 6.07 Å². The van der Waals surface area contributed by atoms with Crippen LogP contribution in [0.2, 0.25) is 0 Å². The number of hydrogen-bond acceptors (Lipinski definition) is 6. The summed E-state index contributed by atoms with van der Waals surface area (Å²) >= 11 is 1.12. The lowest BCUT2D eigenvalue weighted by molar-refractivity contribution is -0.120. The van der Waals surface area contributed by atoms with E-state index in [1.807, 2.05) is 0 Å². The summed E-state index contributed by atoms with van der Waals surface area (Å²) < 4.78 is 31.3. The minimum Gasteiger partial charge on any atom is -0.444 e. The van der Waals surface area contributed by atoms with E-state index < -0.39 is 21.7 Å². The Hall–Kier alpha value is -1.65. The fourth-order valence-corrected chi connectivity index (χ4v) is 3.62. The van der Waals surface area contributed by atoms with Crippen LogP contribution in [0, 0.1) is 0 Å². The molecule has 0 atom stereocenters. The van der Waals surface area contributed by atoms with E-state index in [-0.39, 0.29) is 36.2 Å². The van der Waals surface area contributed by atoms with E-state index in [1.165, 1.54) is 6.07 Å². The highest BCUT2D eigenvalue weighted by molar-refractivity contribution is 7.91. The van der Waals surface area contributed by atoms with Crippen LogP contribution in [0.1, 0.15) is 27.2 Å². The van der Waals surface area contributed by atoms with Crippen molar-refractivity contribution in [2.45, 2.75) is 37.0 Å². The summed E-state index contributed by atoms with van der Waals surface area (Å²) in [5, 5.41) is 6.71. The average Bonchev–Trinajstić information content (AvgIpc) is 2.96. The van der Waals surface area contributed by atoms with Gasteiger partial charge in [0.1, 0.15) is 9.81 Å². The highest BCUT2D eigenvalue weighted by atomic mass is 32.2. The molecular weight excluding hydrogens is 354 g/mol. The monoisotopic (exact) mass is 377 g/mol. The number of sulfonamides is 1. The van der Waals surface area contributed by atoms with Gasteiger partial charge in [0.05, 0.1) is 0 Å². The summed E-state index contributed by atoms with van der Waals surface area (Å²) in [6, 6.07) is 3.16. The maximum absolute atomic E-state index is 11.8. The molecule has 3 N–H and O–H groups in total. The summed E-state index contributed by atoms with van der Waals surface area (Å²) in [5.41, 5.74) is -0.591. The largest absolute Gasteiger partial charge is 0.444 e. The fourth-order valence-electron chi connectivity index (χ4n) is 1.56. The predicted octanol–water partition coefficient (Wildman–Crippen LogP) is 1.06. The predicted molar refractivity (Wildman–Crippen MR) is 91.4 cm³/mol. The van der Waals surface area contributed by atoms with E-state index in [0.717, 1.165) is 11.3 Å². The molecule has 0 bridgehead atoms. The second-order valence-corrected chi connectivity index (χ2v) is 8.80. The van der Waals surface area contributed by atoms with Crippen LogP contribution in [0.4, 0.5) is 4.79 Å². The number of nitrogens with one attached hydrogen (secondary N) is 3. The van der Waals surface area contributed by atoms with Crippen molar-refractivity contribution in [2.75, 3.05) is 19.6 Å². The SMILES string of the molecule is CC(C)(C)OC(=O)NCCC(=O)NCCNS(=O)(=O)c1cccs1. The van der Waals surface area contributed by atoms with Crippen LogP contribution >= 0.6 is 11.3 Å². The number of carbonyl (C=O) groups excluding carboxylic acids is 2. The topological polar surface area (TPSA) is 114 Å². The van der Waals surface area contributed by atoms with Crippen molar-refractivity contribution >= 4 is 33.4 Å². The average molecular weight is 377 g/mol. The van der Waals surface area contributed by atoms with Gasteiger partial charge in [-0.15, -0.1) is 11.3 Å². The van der Waals surface area contributed by atoms with Gasteiger partial charge in [-0.05, 0) is 32.2 Å². The van der Waals surface area contributed by atoms with Crippen molar-refractivity contribution in [3.63, 3.8) is 0 Å². The number of alkyl carbamates (subject to hydrolysis) is 1. The molecule has 1 aromatic rings. The first-order valence-corrected chi connectivity index (χ1v) is 9.73. The molecule has 0 spiro atoms. The summed E-state index contributed by atoms with van der Waals surface area (Å²) in [4.78, 5) is 23.0. The molecule has 2 amide bonds. The normalized spacial score (nSPS) is 11.8. The minimum absolute atomic E-state index is 0.0803. The smallest absolute Gasteiger partial charge is 0.407 e. The van der Waals surface area contributed by atoms with Gasteiger partial charge in [0.2, 0.25) is 15.9 Å². The molecular formula is C14H23N3O5S2. The van der Waals surface area contributed by atoms with Crippen LogP contribution in [0.5, 0.6) is 0 Å². The van der Waals surface area contributed by atoms with Gasteiger partial charge >= 0.3 is 6.09 Å². The molecule has 136 valence electrons. The molecule has 24 heavy (non-hydrogen) atoms. The second-order valence-electron chi connectivity index (χ2n) is 5.86. The third kappa shape index (κ3) is 8.27. The van der Waals surface area contributed by atoms with Crippen molar-refractivity contribution in [3.8, 4) is 0 Å². The molecule has 0 fully saturated rings. The van der Waals surface area contributed by atoms with Crippen LogP contribution in [-0.4, -0.2) is 45.7 Å². The van der Waals surface area contributed by atoms with E-state index in [1.54, 1.807) is 32.2 Å². The Morgan fingerprint density at radius 2 is 1.88 bits per heavy atom. The number of ether oxygens (including phenoxy) is 1. The van der Waals surface area contributed by atoms with E-state index >= 15 is 0 Å². The zero-order valence-corrected chi connectivity index (χ0v) is 15.6. The lowest BCUT2D eigenvalue weighted by atomic mass is 10.2. The molecule has 0 saturated carbocycles. The van der Waals surface area contributed by atoms with Gasteiger partial charge in [0.15, 0.2) is 0 Å². The summed E-state index contributed by atoms with van der Waals surface area (Å²) in [6.45, 7) is 5.63. The quantitative estimate of drug-likeness (QED) is 0.586. The van der Waals surface area contributed by atoms with Gasteiger partial charge < -0.3 is 15.4 Å². The summed E-state index contributed by atoms with van der Waals surface area (Å²) in [6.07, 6.45) is -0.504. The van der Waals surface area contributed by atoms with Crippen molar-refractivity contribution in [3.05, 3.63) is 17.5 Å². The first-order chi connectivity index (χ1) is 11.1. The standard InChI is InChI=1S/C14H23N3O5S2/c1-14(2,3)22-13(19)16-7-6-11(18)15-8-9-17-24(20,21)12-5-4-10-23-12/h4-5,10,17H,6-9H2,1-3H3,(H,15,18)(H,16,19). The molecule has 1 rings (SSSR count). The molecule has 1 aromatic heterocycles. The molecule has 8 nitrogen and oxygen atoms in total. The number of thiophene rings is 1. The zero-order chi connectivity index (χ0) is 18.2. The third-order valence-electron chi connectivity index (χ3n) is 2.52. The Bertz CT molecular complexity index is 636. The lowest BCUT2D eigenvalue weighted by Gasteiger charge is -2.19. The van der Waals surface area contributed by atoms with Crippen LogP contribution in [-0.2, 0) is 19.6 Å². The summed E-state index contributed by atoms with van der Waals surface area (Å²) in [5.74, 6) is -0.290. The second kappa shape index (κ2) is 9.00. The van der Waals surface area contributed by atoms with Crippen LogP contribution in [0.25, 0.3) is 0 Å². The molecule has 0 aromatic carbocycles. The maximum atomic E-state index is 11.8. The van der Waals surface area contributed by atoms with E-state index in [9.17, 15) is 18.0 Å². The van der Waals surface area contributed by atoms with Gasteiger partial charge in [-0.3, -0.25) is 4.79 Å². The first-order valence-electron chi connectivity index (χ1n) is 7.37. The van der Waals surface area contributed by atoms with Crippen LogP contribution in [0.15, 0.2) is 21.7 Å². The molecule has 0 saturated heterocycles. The fraction of sp³-hybridized carbons (Fsp3) is 0.571. The van der Waals surface area contributed by atoms with Crippen molar-refractivity contribution in [1.29, 1.82) is 0 Å². The molecule has 0 unspecified atom stereocenters. The molecule has 1 heterocycles. The number of hydrogen-bond donors (Lipinski definition) is 3. The highest BCUT2D eigenvalue weighted by Gasteiger charge is 2.16. The first kappa shape index (κ1) is 20.4. The van der Waals surface area contributed by atoms with Gasteiger partial charge in [0.25, 0.3) is 0 Å². The molecule has 0 radical (unpaired) electrons. The van der Waals surface area contributed by atoms with Gasteiger partial charge in [0, 0.05) is 26.1 Å². The molecule has 10 heteroatoms.